The van der Waals surface area contributed by atoms with Crippen molar-refractivity contribution in [1.29, 1.82) is 0 Å². The number of likely N-dealkylation sites (tertiary alicyclic amines) is 1. The first-order chi connectivity index (χ1) is 12.0. The maximum Gasteiger partial charge on any atom is 0.257 e. The lowest BCUT2D eigenvalue weighted by Crippen LogP contribution is -2.59. The molecule has 4 heterocycles. The number of hydrogen-bond acceptors (Lipinski definition) is 4. The molecule has 7 heteroatoms. The monoisotopic (exact) mass is 355 g/mol. The van der Waals surface area contributed by atoms with Crippen molar-refractivity contribution in [2.75, 3.05) is 44.3 Å². The second-order valence-corrected chi connectivity index (χ2v) is 7.53. The van der Waals surface area contributed by atoms with E-state index >= 15 is 0 Å². The van der Waals surface area contributed by atoms with Gasteiger partial charge in [0.05, 0.1) is 5.41 Å². The SMILES string of the molecule is Fc1cccnc1N1CCC2(C1)CN(C1CCOCC1)CCC2(F)F. The largest absolute Gasteiger partial charge is 0.381 e. The van der Waals surface area contributed by atoms with Gasteiger partial charge in [0, 0.05) is 58.1 Å². The van der Waals surface area contributed by atoms with Gasteiger partial charge in [-0.1, -0.05) is 0 Å². The molecule has 0 radical (unpaired) electrons. The summed E-state index contributed by atoms with van der Waals surface area (Å²) in [6.45, 7) is 2.79. The molecular formula is C18H24F3N3O. The maximum atomic E-state index is 14.9. The smallest absolute Gasteiger partial charge is 0.257 e. The van der Waals surface area contributed by atoms with Crippen LogP contribution in [0.3, 0.4) is 0 Å². The van der Waals surface area contributed by atoms with Gasteiger partial charge in [-0.3, -0.25) is 4.90 Å². The third-order valence-electron chi connectivity index (χ3n) is 6.09. The standard InChI is InChI=1S/C18H24F3N3O/c19-15-2-1-7-22-16(15)24-8-5-17(13-24)12-23(9-6-18(17,20)21)14-3-10-25-11-4-14/h1-2,7,14H,3-6,8-13H2. The first-order valence-electron chi connectivity index (χ1n) is 9.06. The van der Waals surface area contributed by atoms with Crippen LogP contribution >= 0.6 is 0 Å². The fourth-order valence-corrected chi connectivity index (χ4v) is 4.59. The fourth-order valence-electron chi connectivity index (χ4n) is 4.59. The van der Waals surface area contributed by atoms with Crippen molar-refractivity contribution >= 4 is 5.82 Å². The van der Waals surface area contributed by atoms with Crippen LogP contribution in [-0.4, -0.2) is 61.2 Å². The van der Waals surface area contributed by atoms with Gasteiger partial charge in [0.15, 0.2) is 11.6 Å². The first-order valence-corrected chi connectivity index (χ1v) is 9.06. The van der Waals surface area contributed by atoms with Gasteiger partial charge in [-0.05, 0) is 31.4 Å². The van der Waals surface area contributed by atoms with E-state index in [9.17, 15) is 13.2 Å². The molecule has 1 atom stereocenters. The maximum absolute atomic E-state index is 14.9. The Bertz CT molecular complexity index is 623. The molecule has 0 saturated carbocycles. The average Bonchev–Trinajstić information content (AvgIpc) is 3.04. The van der Waals surface area contributed by atoms with Gasteiger partial charge in [-0.15, -0.1) is 0 Å². The van der Waals surface area contributed by atoms with Gasteiger partial charge >= 0.3 is 0 Å². The minimum absolute atomic E-state index is 0.122. The highest BCUT2D eigenvalue weighted by Crippen LogP contribution is 2.50. The van der Waals surface area contributed by atoms with Crippen LogP contribution in [0.25, 0.3) is 0 Å². The number of aromatic nitrogens is 1. The molecule has 3 aliphatic rings. The molecule has 25 heavy (non-hydrogen) atoms. The molecule has 4 nitrogen and oxygen atoms in total. The van der Waals surface area contributed by atoms with Gasteiger partial charge in [-0.25, -0.2) is 18.2 Å². The Labute approximate surface area is 146 Å². The summed E-state index contributed by atoms with van der Waals surface area (Å²) in [6.07, 6.45) is 3.57. The first kappa shape index (κ1) is 17.1. The van der Waals surface area contributed by atoms with Gasteiger partial charge in [0.25, 0.3) is 5.92 Å². The van der Waals surface area contributed by atoms with E-state index in [0.29, 0.717) is 45.3 Å². The van der Waals surface area contributed by atoms with Crippen molar-refractivity contribution in [3.63, 3.8) is 0 Å². The van der Waals surface area contributed by atoms with Crippen molar-refractivity contribution in [2.45, 2.75) is 37.6 Å². The number of pyridine rings is 1. The number of hydrogen-bond donors (Lipinski definition) is 0. The highest BCUT2D eigenvalue weighted by molar-refractivity contribution is 5.42. The lowest BCUT2D eigenvalue weighted by molar-refractivity contribution is -0.167. The summed E-state index contributed by atoms with van der Waals surface area (Å²) in [5, 5.41) is 0. The predicted molar refractivity (Wildman–Crippen MR) is 88.4 cm³/mol. The average molecular weight is 355 g/mol. The van der Waals surface area contributed by atoms with Gasteiger partial charge in [-0.2, -0.15) is 0 Å². The number of alkyl halides is 2. The van der Waals surface area contributed by atoms with Crippen LogP contribution < -0.4 is 4.90 Å². The summed E-state index contributed by atoms with van der Waals surface area (Å²) < 4.78 is 49.3. The van der Waals surface area contributed by atoms with E-state index in [1.165, 1.54) is 18.3 Å². The molecule has 4 rings (SSSR count). The molecule has 1 aromatic rings. The van der Waals surface area contributed by atoms with Crippen LogP contribution in [0.2, 0.25) is 0 Å². The van der Waals surface area contributed by atoms with Gasteiger partial charge in [0.2, 0.25) is 0 Å². The predicted octanol–water partition coefficient (Wildman–Crippen LogP) is 2.94. The fraction of sp³-hybridized carbons (Fsp3) is 0.722. The second kappa shape index (κ2) is 6.43. The lowest BCUT2D eigenvalue weighted by atomic mass is 9.75. The van der Waals surface area contributed by atoms with E-state index in [2.05, 4.69) is 9.88 Å². The van der Waals surface area contributed by atoms with Crippen LogP contribution in [0.15, 0.2) is 18.3 Å². The quantitative estimate of drug-likeness (QED) is 0.816. The van der Waals surface area contributed by atoms with Crippen molar-refractivity contribution < 1.29 is 17.9 Å². The van der Waals surface area contributed by atoms with Crippen LogP contribution in [0.5, 0.6) is 0 Å². The number of piperidine rings is 1. The molecule has 0 bridgehead atoms. The van der Waals surface area contributed by atoms with Gasteiger partial charge < -0.3 is 9.64 Å². The molecule has 3 aliphatic heterocycles. The molecule has 0 aliphatic carbocycles. The van der Waals surface area contributed by atoms with Gasteiger partial charge in [0.1, 0.15) is 0 Å². The minimum atomic E-state index is -2.73. The van der Waals surface area contributed by atoms with Crippen molar-refractivity contribution in [3.8, 4) is 0 Å². The van der Waals surface area contributed by atoms with E-state index in [0.717, 1.165) is 12.8 Å². The van der Waals surface area contributed by atoms with Crippen molar-refractivity contribution in [2.24, 2.45) is 5.41 Å². The molecule has 1 aromatic heterocycles. The topological polar surface area (TPSA) is 28.6 Å². The number of ether oxygens (including phenoxy) is 1. The Morgan fingerprint density at radius 1 is 1.12 bits per heavy atom. The number of rotatable bonds is 2. The molecule has 0 N–H and O–H groups in total. The molecule has 1 spiro atoms. The van der Waals surface area contributed by atoms with Crippen LogP contribution in [0.1, 0.15) is 25.7 Å². The molecule has 3 saturated heterocycles. The van der Waals surface area contributed by atoms with E-state index in [1.54, 1.807) is 4.90 Å². The summed E-state index contributed by atoms with van der Waals surface area (Å²) in [7, 11) is 0. The lowest BCUT2D eigenvalue weighted by Gasteiger charge is -2.49. The number of halogens is 3. The highest BCUT2D eigenvalue weighted by atomic mass is 19.3. The normalized spacial score (nSPS) is 30.9. The Balaban J connectivity index is 1.55. The molecular weight excluding hydrogens is 331 g/mol. The Morgan fingerprint density at radius 3 is 2.68 bits per heavy atom. The van der Waals surface area contributed by atoms with Crippen LogP contribution in [-0.2, 0) is 4.74 Å². The van der Waals surface area contributed by atoms with Crippen LogP contribution in [0.4, 0.5) is 19.0 Å². The number of nitrogens with zero attached hydrogens (tertiary/aromatic N) is 3. The third kappa shape index (κ3) is 3.01. The molecule has 0 amide bonds. The summed E-state index contributed by atoms with van der Waals surface area (Å²) in [6, 6.07) is 3.18. The number of anilines is 1. The zero-order valence-corrected chi connectivity index (χ0v) is 14.3. The summed E-state index contributed by atoms with van der Waals surface area (Å²) in [5.74, 6) is -2.98. The van der Waals surface area contributed by atoms with Crippen LogP contribution in [0, 0.1) is 11.2 Å². The Hall–Kier alpha value is -1.34. The minimum Gasteiger partial charge on any atom is -0.381 e. The molecule has 0 aromatic carbocycles. The van der Waals surface area contributed by atoms with E-state index in [4.69, 9.17) is 4.74 Å². The Kier molecular flexibility index (Phi) is 4.40. The van der Waals surface area contributed by atoms with Crippen molar-refractivity contribution in [1.82, 2.24) is 9.88 Å². The molecule has 138 valence electrons. The summed E-state index contributed by atoms with van der Waals surface area (Å²) in [5.41, 5.74) is -1.12. The van der Waals surface area contributed by atoms with E-state index in [1.807, 2.05) is 0 Å². The zero-order valence-electron chi connectivity index (χ0n) is 14.3. The van der Waals surface area contributed by atoms with Crippen molar-refractivity contribution in [3.05, 3.63) is 24.1 Å². The highest BCUT2D eigenvalue weighted by Gasteiger charge is 2.60. The third-order valence-corrected chi connectivity index (χ3v) is 6.09. The summed E-state index contributed by atoms with van der Waals surface area (Å²) in [4.78, 5) is 7.98. The molecule has 3 fully saturated rings. The zero-order chi connectivity index (χ0) is 17.5. The molecule has 1 unspecified atom stereocenters. The van der Waals surface area contributed by atoms with E-state index in [-0.39, 0.29) is 18.8 Å². The second-order valence-electron chi connectivity index (χ2n) is 7.53. The van der Waals surface area contributed by atoms with E-state index < -0.39 is 17.2 Å². The Morgan fingerprint density at radius 2 is 1.92 bits per heavy atom. The summed E-state index contributed by atoms with van der Waals surface area (Å²) >= 11 is 0.